The number of benzene rings is 2. The third kappa shape index (κ3) is 4.06. The highest BCUT2D eigenvalue weighted by atomic mass is 16.2. The predicted octanol–water partition coefficient (Wildman–Crippen LogP) is 2.82. The number of carbonyl (C=O) groups excluding carboxylic acids is 1. The number of rotatable bonds is 4. The van der Waals surface area contributed by atoms with Crippen LogP contribution in [-0.4, -0.2) is 46.8 Å². The van der Waals surface area contributed by atoms with E-state index in [1.165, 1.54) is 16.4 Å². The number of aromatic nitrogens is 2. The molecule has 1 fully saturated rings. The van der Waals surface area contributed by atoms with E-state index in [-0.39, 0.29) is 11.5 Å². The molecule has 0 N–H and O–H groups in total. The van der Waals surface area contributed by atoms with E-state index in [0.29, 0.717) is 18.8 Å². The minimum absolute atomic E-state index is 0.0717. The molecule has 0 bridgehead atoms. The minimum Gasteiger partial charge on any atom is -0.368 e. The minimum atomic E-state index is -0.644. The zero-order chi connectivity index (χ0) is 20.2. The molecular formula is C23H24N4O2. The number of carbonyl (C=O) groups is 1. The second-order valence-corrected chi connectivity index (χ2v) is 7.19. The maximum absolute atomic E-state index is 13.0. The van der Waals surface area contributed by atoms with Crippen molar-refractivity contribution >= 4 is 11.6 Å². The molecule has 0 aliphatic carbocycles. The molecular weight excluding hydrogens is 364 g/mol. The SMILES string of the molecule is CC(C(=O)N1CCN(c2ccccc2)CC1)n1nc(-c2ccccc2)ccc1=O. The van der Waals surface area contributed by atoms with E-state index in [4.69, 9.17) is 0 Å². The Morgan fingerprint density at radius 1 is 0.862 bits per heavy atom. The number of piperazine rings is 1. The van der Waals surface area contributed by atoms with E-state index in [1.807, 2.05) is 53.4 Å². The highest BCUT2D eigenvalue weighted by molar-refractivity contribution is 5.80. The van der Waals surface area contributed by atoms with E-state index >= 15 is 0 Å². The van der Waals surface area contributed by atoms with Crippen LogP contribution in [0.3, 0.4) is 0 Å². The Labute approximate surface area is 170 Å². The van der Waals surface area contributed by atoms with Gasteiger partial charge in [0.2, 0.25) is 5.91 Å². The van der Waals surface area contributed by atoms with Gasteiger partial charge in [-0.2, -0.15) is 5.10 Å². The lowest BCUT2D eigenvalue weighted by Crippen LogP contribution is -2.51. The zero-order valence-electron chi connectivity index (χ0n) is 16.4. The molecule has 0 radical (unpaired) electrons. The molecule has 148 valence electrons. The molecule has 2 aromatic carbocycles. The van der Waals surface area contributed by atoms with Crippen LogP contribution in [0.4, 0.5) is 5.69 Å². The Bertz CT molecular complexity index is 1030. The highest BCUT2D eigenvalue weighted by Crippen LogP contribution is 2.18. The molecule has 0 spiro atoms. The highest BCUT2D eigenvalue weighted by Gasteiger charge is 2.27. The maximum Gasteiger partial charge on any atom is 0.267 e. The van der Waals surface area contributed by atoms with Gasteiger partial charge in [0.1, 0.15) is 6.04 Å². The molecule has 6 nitrogen and oxygen atoms in total. The van der Waals surface area contributed by atoms with Crippen molar-refractivity contribution in [2.75, 3.05) is 31.1 Å². The average Bonchev–Trinajstić information content (AvgIpc) is 2.80. The van der Waals surface area contributed by atoms with Gasteiger partial charge in [-0.05, 0) is 25.1 Å². The van der Waals surface area contributed by atoms with Crippen LogP contribution < -0.4 is 10.5 Å². The Balaban J connectivity index is 1.48. The van der Waals surface area contributed by atoms with Gasteiger partial charge in [0.05, 0.1) is 5.69 Å². The molecule has 1 amide bonds. The van der Waals surface area contributed by atoms with Gasteiger partial charge >= 0.3 is 0 Å². The van der Waals surface area contributed by atoms with Crippen molar-refractivity contribution in [2.45, 2.75) is 13.0 Å². The summed E-state index contributed by atoms with van der Waals surface area (Å²) >= 11 is 0. The smallest absolute Gasteiger partial charge is 0.267 e. The van der Waals surface area contributed by atoms with Gasteiger partial charge in [0.25, 0.3) is 5.56 Å². The number of amides is 1. The normalized spacial score (nSPS) is 15.2. The van der Waals surface area contributed by atoms with Gasteiger partial charge in [-0.15, -0.1) is 0 Å². The molecule has 1 aliphatic rings. The van der Waals surface area contributed by atoms with Crippen molar-refractivity contribution in [1.82, 2.24) is 14.7 Å². The Hall–Kier alpha value is -3.41. The molecule has 1 saturated heterocycles. The summed E-state index contributed by atoms with van der Waals surface area (Å²) in [6.45, 7) is 4.55. The first-order chi connectivity index (χ1) is 14.1. The van der Waals surface area contributed by atoms with Crippen molar-refractivity contribution in [2.24, 2.45) is 0 Å². The van der Waals surface area contributed by atoms with E-state index in [0.717, 1.165) is 18.7 Å². The number of nitrogens with zero attached hydrogens (tertiary/aromatic N) is 4. The summed E-state index contributed by atoms with van der Waals surface area (Å²) in [5, 5.41) is 4.47. The van der Waals surface area contributed by atoms with Crippen molar-refractivity contribution in [3.8, 4) is 11.3 Å². The molecule has 1 aliphatic heterocycles. The number of para-hydroxylation sites is 1. The van der Waals surface area contributed by atoms with E-state index in [1.54, 1.807) is 13.0 Å². The Morgan fingerprint density at radius 2 is 1.48 bits per heavy atom. The third-order valence-electron chi connectivity index (χ3n) is 5.33. The molecule has 1 aromatic heterocycles. The van der Waals surface area contributed by atoms with Crippen LogP contribution >= 0.6 is 0 Å². The lowest BCUT2D eigenvalue weighted by Gasteiger charge is -2.37. The van der Waals surface area contributed by atoms with Crippen LogP contribution in [0.2, 0.25) is 0 Å². The van der Waals surface area contributed by atoms with Crippen LogP contribution in [0.1, 0.15) is 13.0 Å². The van der Waals surface area contributed by atoms with Gasteiger partial charge in [-0.25, -0.2) is 4.68 Å². The number of hydrogen-bond donors (Lipinski definition) is 0. The molecule has 29 heavy (non-hydrogen) atoms. The number of hydrogen-bond acceptors (Lipinski definition) is 4. The van der Waals surface area contributed by atoms with Gasteiger partial charge < -0.3 is 9.80 Å². The molecule has 4 rings (SSSR count). The summed E-state index contributed by atoms with van der Waals surface area (Å²) in [6, 6.07) is 22.4. The average molecular weight is 388 g/mol. The fourth-order valence-corrected chi connectivity index (χ4v) is 3.66. The second-order valence-electron chi connectivity index (χ2n) is 7.19. The molecule has 6 heteroatoms. The number of anilines is 1. The van der Waals surface area contributed by atoms with Crippen LogP contribution in [0.25, 0.3) is 11.3 Å². The molecule has 1 atom stereocenters. The quantitative estimate of drug-likeness (QED) is 0.690. The van der Waals surface area contributed by atoms with Gasteiger partial charge in [-0.1, -0.05) is 48.5 Å². The summed E-state index contributed by atoms with van der Waals surface area (Å²) in [4.78, 5) is 29.5. The van der Waals surface area contributed by atoms with Crippen LogP contribution in [0, 0.1) is 0 Å². The first kappa shape index (κ1) is 18.9. The fraction of sp³-hybridized carbons (Fsp3) is 0.261. The topological polar surface area (TPSA) is 58.4 Å². The van der Waals surface area contributed by atoms with Crippen molar-refractivity contribution in [3.05, 3.63) is 83.2 Å². The van der Waals surface area contributed by atoms with Gasteiger partial charge in [0.15, 0.2) is 0 Å². The maximum atomic E-state index is 13.0. The summed E-state index contributed by atoms with van der Waals surface area (Å²) in [5.74, 6) is -0.0717. The predicted molar refractivity (Wildman–Crippen MR) is 114 cm³/mol. The van der Waals surface area contributed by atoms with Gasteiger partial charge in [-0.3, -0.25) is 9.59 Å². The lowest BCUT2D eigenvalue weighted by atomic mass is 10.1. The molecule has 1 unspecified atom stereocenters. The Morgan fingerprint density at radius 3 is 2.14 bits per heavy atom. The third-order valence-corrected chi connectivity index (χ3v) is 5.33. The lowest BCUT2D eigenvalue weighted by molar-refractivity contribution is -0.135. The summed E-state index contributed by atoms with van der Waals surface area (Å²) in [6.07, 6.45) is 0. The first-order valence-corrected chi connectivity index (χ1v) is 9.87. The van der Waals surface area contributed by atoms with E-state index < -0.39 is 6.04 Å². The largest absolute Gasteiger partial charge is 0.368 e. The second kappa shape index (κ2) is 8.31. The van der Waals surface area contributed by atoms with Crippen molar-refractivity contribution in [3.63, 3.8) is 0 Å². The molecule has 2 heterocycles. The van der Waals surface area contributed by atoms with Crippen LogP contribution in [-0.2, 0) is 4.79 Å². The fourth-order valence-electron chi connectivity index (χ4n) is 3.66. The van der Waals surface area contributed by atoms with E-state index in [2.05, 4.69) is 22.1 Å². The van der Waals surface area contributed by atoms with Crippen molar-refractivity contribution < 1.29 is 4.79 Å². The van der Waals surface area contributed by atoms with Gasteiger partial charge in [0, 0.05) is 43.5 Å². The summed E-state index contributed by atoms with van der Waals surface area (Å²) < 4.78 is 1.30. The van der Waals surface area contributed by atoms with Crippen LogP contribution in [0.5, 0.6) is 0 Å². The summed E-state index contributed by atoms with van der Waals surface area (Å²) in [7, 11) is 0. The monoisotopic (exact) mass is 388 g/mol. The summed E-state index contributed by atoms with van der Waals surface area (Å²) in [5.41, 5.74) is 2.49. The standard InChI is InChI=1S/C23H24N4O2/c1-18(27-22(28)13-12-21(24-27)19-8-4-2-5-9-19)23(29)26-16-14-25(15-17-26)20-10-6-3-7-11-20/h2-13,18H,14-17H2,1H3. The zero-order valence-corrected chi connectivity index (χ0v) is 16.4. The van der Waals surface area contributed by atoms with E-state index in [9.17, 15) is 9.59 Å². The molecule has 0 saturated carbocycles. The molecule has 3 aromatic rings. The first-order valence-electron chi connectivity index (χ1n) is 9.87. The Kier molecular flexibility index (Phi) is 5.42. The van der Waals surface area contributed by atoms with Crippen LogP contribution in [0.15, 0.2) is 77.6 Å². The van der Waals surface area contributed by atoms with Crippen molar-refractivity contribution in [1.29, 1.82) is 0 Å².